The molecule has 2 saturated heterocycles. The van der Waals surface area contributed by atoms with E-state index in [-0.39, 0.29) is 23.6 Å². The number of morpholine rings is 1. The lowest BCUT2D eigenvalue weighted by Gasteiger charge is -2.25. The van der Waals surface area contributed by atoms with Crippen LogP contribution < -0.4 is 21.3 Å². The number of carbonyl (C=O) groups is 1. The predicted molar refractivity (Wildman–Crippen MR) is 104 cm³/mol. The number of rotatable bonds is 6. The molecule has 11 heteroatoms. The Morgan fingerprint density at radius 1 is 1.24 bits per heavy atom. The van der Waals surface area contributed by atoms with Gasteiger partial charge in [-0.15, -0.1) is 5.10 Å². The third kappa shape index (κ3) is 4.56. The summed E-state index contributed by atoms with van der Waals surface area (Å²) in [5, 5.41) is 29.8. The summed E-state index contributed by atoms with van der Waals surface area (Å²) < 4.78 is 5.73. The molecule has 0 bridgehead atoms. The molecular weight excluding hydrogens is 374 g/mol. The Hall–Kier alpha value is -3.36. The van der Waals surface area contributed by atoms with E-state index in [0.717, 1.165) is 18.8 Å². The molecule has 2 aromatic rings. The van der Waals surface area contributed by atoms with Crippen molar-refractivity contribution in [1.82, 2.24) is 30.8 Å². The Balaban J connectivity index is 1.54. The summed E-state index contributed by atoms with van der Waals surface area (Å²) in [6.45, 7) is 3.48. The van der Waals surface area contributed by atoms with Crippen LogP contribution in [0.3, 0.4) is 0 Å². The highest BCUT2D eigenvalue weighted by Crippen LogP contribution is 2.29. The van der Waals surface area contributed by atoms with Gasteiger partial charge in [-0.2, -0.15) is 10.4 Å². The van der Waals surface area contributed by atoms with Crippen molar-refractivity contribution in [1.29, 1.82) is 5.26 Å². The number of aromatic nitrogens is 4. The van der Waals surface area contributed by atoms with Crippen molar-refractivity contribution in [2.24, 2.45) is 0 Å². The Morgan fingerprint density at radius 3 is 2.86 bits per heavy atom. The van der Waals surface area contributed by atoms with Gasteiger partial charge in [0.25, 0.3) is 0 Å². The number of nitrogens with zero attached hydrogens (tertiary/aromatic N) is 5. The Morgan fingerprint density at radius 2 is 2.17 bits per heavy atom. The van der Waals surface area contributed by atoms with Crippen molar-refractivity contribution < 1.29 is 9.53 Å². The molecule has 0 aromatic carbocycles. The van der Waals surface area contributed by atoms with Crippen LogP contribution in [0.1, 0.15) is 23.7 Å². The fourth-order valence-corrected chi connectivity index (χ4v) is 3.27. The van der Waals surface area contributed by atoms with Crippen LogP contribution in [-0.4, -0.2) is 65.0 Å². The highest BCUT2D eigenvalue weighted by atomic mass is 16.5. The maximum absolute atomic E-state index is 12.2. The molecule has 4 rings (SSSR count). The molecule has 4 N–H and O–H groups in total. The molecule has 2 aromatic heterocycles. The molecule has 2 unspecified atom stereocenters. The zero-order valence-corrected chi connectivity index (χ0v) is 15.7. The first-order valence-electron chi connectivity index (χ1n) is 9.43. The summed E-state index contributed by atoms with van der Waals surface area (Å²) in [5.41, 5.74) is 1.56. The van der Waals surface area contributed by atoms with Crippen molar-refractivity contribution in [2.45, 2.75) is 18.4 Å². The van der Waals surface area contributed by atoms with Gasteiger partial charge in [0.1, 0.15) is 11.9 Å². The number of anilines is 3. The van der Waals surface area contributed by atoms with Gasteiger partial charge in [-0.05, 0) is 6.42 Å². The second-order valence-corrected chi connectivity index (χ2v) is 6.76. The molecule has 150 valence electrons. The standard InChI is InChI=1S/C18H21N9O2/c19-6-11-7-24-16(10-22-11)25-15-5-14(23-9-12-8-20-3-4-29-12)17(27-26-15)13-1-2-21-18(13)28/h5,7,10,12-13,20H,1-4,8-9H2,(H,21,28)(H2,23,24,25,26). The topological polar surface area (TPSA) is 150 Å². The number of nitriles is 1. The second kappa shape index (κ2) is 8.76. The molecule has 29 heavy (non-hydrogen) atoms. The van der Waals surface area contributed by atoms with Crippen molar-refractivity contribution in [3.05, 3.63) is 29.8 Å². The zero-order valence-electron chi connectivity index (χ0n) is 15.7. The van der Waals surface area contributed by atoms with Gasteiger partial charge in [0, 0.05) is 32.2 Å². The maximum atomic E-state index is 12.2. The largest absolute Gasteiger partial charge is 0.381 e. The van der Waals surface area contributed by atoms with E-state index in [4.69, 9.17) is 10.00 Å². The Kier molecular flexibility index (Phi) is 5.73. The molecule has 2 aliphatic rings. The van der Waals surface area contributed by atoms with E-state index in [1.807, 2.05) is 6.07 Å². The first-order valence-corrected chi connectivity index (χ1v) is 9.43. The first-order chi connectivity index (χ1) is 14.2. The van der Waals surface area contributed by atoms with Crippen LogP contribution in [0, 0.1) is 11.3 Å². The third-order valence-electron chi connectivity index (χ3n) is 4.75. The monoisotopic (exact) mass is 395 g/mol. The first kappa shape index (κ1) is 19.0. The smallest absolute Gasteiger partial charge is 0.229 e. The summed E-state index contributed by atoms with van der Waals surface area (Å²) >= 11 is 0. The van der Waals surface area contributed by atoms with Gasteiger partial charge in [-0.1, -0.05) is 0 Å². The number of hydrogen-bond donors (Lipinski definition) is 4. The van der Waals surface area contributed by atoms with E-state index < -0.39 is 0 Å². The van der Waals surface area contributed by atoms with Gasteiger partial charge in [0.15, 0.2) is 11.5 Å². The quantitative estimate of drug-likeness (QED) is 0.521. The minimum atomic E-state index is -0.334. The summed E-state index contributed by atoms with van der Waals surface area (Å²) in [5.74, 6) is 0.516. The minimum Gasteiger partial charge on any atom is -0.381 e. The third-order valence-corrected chi connectivity index (χ3v) is 4.75. The zero-order chi connectivity index (χ0) is 20.1. The van der Waals surface area contributed by atoms with Crippen LogP contribution in [0.15, 0.2) is 18.5 Å². The fourth-order valence-electron chi connectivity index (χ4n) is 3.27. The van der Waals surface area contributed by atoms with Gasteiger partial charge in [-0.25, -0.2) is 9.97 Å². The van der Waals surface area contributed by atoms with E-state index in [2.05, 4.69) is 41.4 Å². The van der Waals surface area contributed by atoms with Crippen LogP contribution in [-0.2, 0) is 9.53 Å². The van der Waals surface area contributed by atoms with Crippen LogP contribution in [0.25, 0.3) is 0 Å². The normalized spacial score (nSPS) is 21.3. The highest BCUT2D eigenvalue weighted by molar-refractivity contribution is 5.86. The molecule has 2 atom stereocenters. The van der Waals surface area contributed by atoms with E-state index >= 15 is 0 Å². The van der Waals surface area contributed by atoms with Crippen molar-refractivity contribution in [3.8, 4) is 6.07 Å². The van der Waals surface area contributed by atoms with Gasteiger partial charge >= 0.3 is 0 Å². The molecule has 11 nitrogen and oxygen atoms in total. The van der Waals surface area contributed by atoms with Gasteiger partial charge < -0.3 is 26.0 Å². The van der Waals surface area contributed by atoms with Gasteiger partial charge in [-0.3, -0.25) is 4.79 Å². The van der Waals surface area contributed by atoms with Crippen LogP contribution >= 0.6 is 0 Å². The number of carbonyl (C=O) groups excluding carboxylic acids is 1. The molecule has 0 saturated carbocycles. The van der Waals surface area contributed by atoms with Gasteiger partial charge in [0.05, 0.1) is 42.4 Å². The van der Waals surface area contributed by atoms with E-state index in [0.29, 0.717) is 43.4 Å². The lowest BCUT2D eigenvalue weighted by molar-refractivity contribution is -0.120. The SMILES string of the molecule is N#Cc1cnc(Nc2cc(NCC3CNCCO3)c(C3CCNC3=O)nn2)cn1. The molecule has 0 spiro atoms. The predicted octanol–water partition coefficient (Wildman–Crippen LogP) is -0.114. The summed E-state index contributed by atoms with van der Waals surface area (Å²) in [6.07, 6.45) is 3.53. The minimum absolute atomic E-state index is 0.0305. The van der Waals surface area contributed by atoms with Crippen molar-refractivity contribution >= 4 is 23.2 Å². The van der Waals surface area contributed by atoms with Crippen LogP contribution in [0.5, 0.6) is 0 Å². The van der Waals surface area contributed by atoms with Crippen molar-refractivity contribution in [3.63, 3.8) is 0 Å². The number of hydrogen-bond acceptors (Lipinski definition) is 10. The second-order valence-electron chi connectivity index (χ2n) is 6.76. The fraction of sp³-hybridized carbons (Fsp3) is 0.444. The average molecular weight is 395 g/mol. The Labute approximate surface area is 167 Å². The number of ether oxygens (including phenoxy) is 1. The highest BCUT2D eigenvalue weighted by Gasteiger charge is 2.30. The Bertz CT molecular complexity index is 907. The lowest BCUT2D eigenvalue weighted by Crippen LogP contribution is -2.42. The van der Waals surface area contributed by atoms with Crippen LogP contribution in [0.2, 0.25) is 0 Å². The van der Waals surface area contributed by atoms with Crippen LogP contribution in [0.4, 0.5) is 17.3 Å². The molecule has 0 aliphatic carbocycles. The maximum Gasteiger partial charge on any atom is 0.229 e. The van der Waals surface area contributed by atoms with Crippen molar-refractivity contribution in [2.75, 3.05) is 43.4 Å². The van der Waals surface area contributed by atoms with Gasteiger partial charge in [0.2, 0.25) is 5.91 Å². The molecule has 0 radical (unpaired) electrons. The number of nitrogens with one attached hydrogen (secondary N) is 4. The lowest BCUT2D eigenvalue weighted by atomic mass is 10.0. The number of amides is 1. The molecule has 2 aliphatic heterocycles. The summed E-state index contributed by atoms with van der Waals surface area (Å²) in [4.78, 5) is 20.3. The average Bonchev–Trinajstić information content (AvgIpc) is 3.19. The summed E-state index contributed by atoms with van der Waals surface area (Å²) in [6, 6.07) is 3.72. The van der Waals surface area contributed by atoms with E-state index in [1.54, 1.807) is 6.07 Å². The molecule has 2 fully saturated rings. The molecule has 4 heterocycles. The van der Waals surface area contributed by atoms with E-state index in [9.17, 15) is 4.79 Å². The summed E-state index contributed by atoms with van der Waals surface area (Å²) in [7, 11) is 0. The molecule has 1 amide bonds. The molecular formula is C18H21N9O2. The van der Waals surface area contributed by atoms with E-state index in [1.165, 1.54) is 12.4 Å².